The van der Waals surface area contributed by atoms with E-state index in [1.165, 1.54) is 0 Å². The van der Waals surface area contributed by atoms with Gasteiger partial charge in [-0.1, -0.05) is 11.6 Å². The van der Waals surface area contributed by atoms with Crippen LogP contribution in [0.15, 0.2) is 34.9 Å². The molecule has 0 N–H and O–H groups in total. The summed E-state index contributed by atoms with van der Waals surface area (Å²) in [4.78, 5) is 30.1. The zero-order valence-corrected chi connectivity index (χ0v) is 12.6. The Hall–Kier alpha value is -2.01. The molecule has 2 aromatic rings. The standard InChI is InChI=1S/C15H11BrN2O2/c1-8-3-4-10-11(5-8)15(20)18(14(10)19)13-6-9(2)12(16)7-17-13/h3-7H,1-2H3. The molecule has 20 heavy (non-hydrogen) atoms. The smallest absolute Gasteiger partial charge is 0.267 e. The van der Waals surface area contributed by atoms with Crippen molar-refractivity contribution >= 4 is 33.6 Å². The van der Waals surface area contributed by atoms with Gasteiger partial charge < -0.3 is 0 Å². The number of fused-ring (bicyclic) bond motifs is 1. The van der Waals surface area contributed by atoms with Crippen LogP contribution in [-0.4, -0.2) is 16.8 Å². The van der Waals surface area contributed by atoms with Crippen LogP contribution in [0, 0.1) is 13.8 Å². The second-order valence-electron chi connectivity index (χ2n) is 4.79. The van der Waals surface area contributed by atoms with Crippen molar-refractivity contribution in [2.24, 2.45) is 0 Å². The summed E-state index contributed by atoms with van der Waals surface area (Å²) >= 11 is 3.36. The van der Waals surface area contributed by atoms with Gasteiger partial charge in [0.2, 0.25) is 0 Å². The molecule has 100 valence electrons. The number of carbonyl (C=O) groups excluding carboxylic acids is 2. The number of pyridine rings is 1. The van der Waals surface area contributed by atoms with E-state index in [2.05, 4.69) is 20.9 Å². The van der Waals surface area contributed by atoms with Gasteiger partial charge in [0.05, 0.1) is 11.1 Å². The third-order valence-corrected chi connectivity index (χ3v) is 4.13. The number of aryl methyl sites for hydroxylation is 2. The van der Waals surface area contributed by atoms with Crippen LogP contribution in [-0.2, 0) is 0 Å². The number of nitrogens with zero attached hydrogens (tertiary/aromatic N) is 2. The third kappa shape index (κ3) is 1.86. The normalized spacial score (nSPS) is 13.8. The van der Waals surface area contributed by atoms with E-state index >= 15 is 0 Å². The number of benzene rings is 1. The number of halogens is 1. The number of imide groups is 1. The summed E-state index contributed by atoms with van der Waals surface area (Å²) in [6.07, 6.45) is 1.60. The van der Waals surface area contributed by atoms with E-state index in [0.29, 0.717) is 16.9 Å². The molecule has 1 aliphatic heterocycles. The summed E-state index contributed by atoms with van der Waals surface area (Å²) in [5, 5.41) is 0. The van der Waals surface area contributed by atoms with Crippen LogP contribution in [0.1, 0.15) is 31.8 Å². The van der Waals surface area contributed by atoms with Crippen molar-refractivity contribution in [2.45, 2.75) is 13.8 Å². The summed E-state index contributed by atoms with van der Waals surface area (Å²) in [5.74, 6) is -0.281. The Morgan fingerprint density at radius 2 is 1.75 bits per heavy atom. The maximum Gasteiger partial charge on any atom is 0.267 e. The Labute approximate surface area is 124 Å². The summed E-state index contributed by atoms with van der Waals surface area (Å²) in [5.41, 5.74) is 2.75. The number of anilines is 1. The Balaban J connectivity index is 2.11. The van der Waals surface area contributed by atoms with Crippen molar-refractivity contribution in [2.75, 3.05) is 4.90 Å². The quantitative estimate of drug-likeness (QED) is 0.754. The molecule has 2 heterocycles. The van der Waals surface area contributed by atoms with Crippen LogP contribution in [0.3, 0.4) is 0 Å². The average Bonchev–Trinajstić information content (AvgIpc) is 2.65. The van der Waals surface area contributed by atoms with Crippen molar-refractivity contribution in [1.82, 2.24) is 4.98 Å². The van der Waals surface area contributed by atoms with E-state index in [9.17, 15) is 9.59 Å². The first-order valence-corrected chi connectivity index (χ1v) is 6.90. The van der Waals surface area contributed by atoms with Crippen molar-refractivity contribution in [3.8, 4) is 0 Å². The minimum atomic E-state index is -0.320. The van der Waals surface area contributed by atoms with Gasteiger partial charge in [-0.3, -0.25) is 9.59 Å². The molecule has 0 spiro atoms. The highest BCUT2D eigenvalue weighted by atomic mass is 79.9. The van der Waals surface area contributed by atoms with E-state index in [4.69, 9.17) is 0 Å². The number of carbonyl (C=O) groups is 2. The van der Waals surface area contributed by atoms with Crippen molar-refractivity contribution in [3.05, 3.63) is 57.2 Å². The van der Waals surface area contributed by atoms with Crippen LogP contribution in [0.4, 0.5) is 5.82 Å². The van der Waals surface area contributed by atoms with Crippen LogP contribution in [0.2, 0.25) is 0 Å². The van der Waals surface area contributed by atoms with E-state index in [1.807, 2.05) is 19.9 Å². The molecule has 0 radical (unpaired) electrons. The van der Waals surface area contributed by atoms with Gasteiger partial charge >= 0.3 is 0 Å². The fraction of sp³-hybridized carbons (Fsp3) is 0.133. The van der Waals surface area contributed by atoms with Gasteiger partial charge in [-0.05, 0) is 53.5 Å². The Kier molecular flexibility index (Phi) is 2.94. The van der Waals surface area contributed by atoms with Gasteiger partial charge in [0, 0.05) is 10.7 Å². The highest BCUT2D eigenvalue weighted by Gasteiger charge is 2.37. The molecule has 0 bridgehead atoms. The number of rotatable bonds is 1. The fourth-order valence-electron chi connectivity index (χ4n) is 2.21. The molecule has 0 saturated carbocycles. The van der Waals surface area contributed by atoms with E-state index in [1.54, 1.807) is 24.4 Å². The van der Waals surface area contributed by atoms with Gasteiger partial charge in [0.25, 0.3) is 11.8 Å². The number of hydrogen-bond donors (Lipinski definition) is 0. The Morgan fingerprint density at radius 1 is 1.05 bits per heavy atom. The predicted molar refractivity (Wildman–Crippen MR) is 79.0 cm³/mol. The molecule has 1 aliphatic rings. The summed E-state index contributed by atoms with van der Waals surface area (Å²) in [7, 11) is 0. The lowest BCUT2D eigenvalue weighted by atomic mass is 10.1. The summed E-state index contributed by atoms with van der Waals surface area (Å²) in [6, 6.07) is 6.98. The molecule has 4 nitrogen and oxygen atoms in total. The molecule has 1 aromatic heterocycles. The molecule has 2 amide bonds. The van der Waals surface area contributed by atoms with Crippen molar-refractivity contribution < 1.29 is 9.59 Å². The second kappa shape index (κ2) is 4.52. The number of amides is 2. The van der Waals surface area contributed by atoms with Gasteiger partial charge in [-0.2, -0.15) is 0 Å². The molecular formula is C15H11BrN2O2. The van der Waals surface area contributed by atoms with E-state index in [0.717, 1.165) is 20.5 Å². The fourth-order valence-corrected chi connectivity index (χ4v) is 2.43. The highest BCUT2D eigenvalue weighted by Crippen LogP contribution is 2.29. The zero-order valence-electron chi connectivity index (χ0n) is 11.0. The van der Waals surface area contributed by atoms with Crippen LogP contribution < -0.4 is 4.90 Å². The third-order valence-electron chi connectivity index (χ3n) is 3.30. The van der Waals surface area contributed by atoms with Crippen LogP contribution in [0.5, 0.6) is 0 Å². The minimum Gasteiger partial charge on any atom is -0.268 e. The predicted octanol–water partition coefficient (Wildman–Crippen LogP) is 3.26. The lowest BCUT2D eigenvalue weighted by Crippen LogP contribution is -2.30. The Morgan fingerprint density at radius 3 is 2.45 bits per heavy atom. The topological polar surface area (TPSA) is 50.3 Å². The molecule has 0 fully saturated rings. The van der Waals surface area contributed by atoms with Gasteiger partial charge in [-0.25, -0.2) is 9.88 Å². The lowest BCUT2D eigenvalue weighted by molar-refractivity contribution is 0.0925. The minimum absolute atomic E-state index is 0.317. The van der Waals surface area contributed by atoms with E-state index in [-0.39, 0.29) is 11.8 Å². The molecule has 0 saturated heterocycles. The first-order valence-electron chi connectivity index (χ1n) is 6.10. The molecule has 0 aliphatic carbocycles. The molecule has 0 atom stereocenters. The second-order valence-corrected chi connectivity index (χ2v) is 5.64. The largest absolute Gasteiger partial charge is 0.268 e. The van der Waals surface area contributed by atoms with Crippen LogP contribution in [0.25, 0.3) is 0 Å². The maximum atomic E-state index is 12.4. The lowest BCUT2D eigenvalue weighted by Gasteiger charge is -2.13. The summed E-state index contributed by atoms with van der Waals surface area (Å²) < 4.78 is 0.841. The Bertz CT molecular complexity index is 756. The molecular weight excluding hydrogens is 320 g/mol. The van der Waals surface area contributed by atoms with Crippen molar-refractivity contribution in [1.29, 1.82) is 0 Å². The molecule has 5 heteroatoms. The monoisotopic (exact) mass is 330 g/mol. The molecule has 0 unspecified atom stereocenters. The van der Waals surface area contributed by atoms with Gasteiger partial charge in [0.15, 0.2) is 0 Å². The van der Waals surface area contributed by atoms with Gasteiger partial charge in [0.1, 0.15) is 5.82 Å². The summed E-state index contributed by atoms with van der Waals surface area (Å²) in [6.45, 7) is 3.78. The zero-order chi connectivity index (χ0) is 14.4. The van der Waals surface area contributed by atoms with Crippen molar-refractivity contribution in [3.63, 3.8) is 0 Å². The van der Waals surface area contributed by atoms with E-state index < -0.39 is 0 Å². The number of aromatic nitrogens is 1. The first-order chi connectivity index (χ1) is 9.49. The SMILES string of the molecule is Cc1ccc2c(c1)C(=O)N(c1cc(C)c(Br)cn1)C2=O. The maximum absolute atomic E-state index is 12.4. The highest BCUT2D eigenvalue weighted by molar-refractivity contribution is 9.10. The molecule has 3 rings (SSSR count). The number of hydrogen-bond acceptors (Lipinski definition) is 3. The van der Waals surface area contributed by atoms with Gasteiger partial charge in [-0.15, -0.1) is 0 Å². The average molecular weight is 331 g/mol. The van der Waals surface area contributed by atoms with Crippen LogP contribution >= 0.6 is 15.9 Å². The molecule has 1 aromatic carbocycles. The first kappa shape index (κ1) is 13.0.